The molecule has 0 bridgehead atoms. The minimum Gasteiger partial charge on any atom is -0.413 e. The monoisotopic (exact) mass is 350 g/mol. The van der Waals surface area contributed by atoms with Crippen molar-refractivity contribution in [1.82, 2.24) is 0 Å². The van der Waals surface area contributed by atoms with Crippen molar-refractivity contribution >= 4 is 8.32 Å². The molecule has 1 nitrogen and oxygen atoms in total. The summed E-state index contributed by atoms with van der Waals surface area (Å²) in [6, 6.07) is 0. The molecule has 0 fully saturated rings. The fourth-order valence-corrected chi connectivity index (χ4v) is 3.04. The molecule has 2 heteroatoms. The standard InChI is InChI=1S/C22H42OSi/c1-9-10-11-12-13-14-15-16-17-20(2)21(3)18-19-23-24(7,8)22(4,5)6/h15-16,18H,2,9-14,17,19H2,1,3-8H3/b16-15+,21-18+. The summed E-state index contributed by atoms with van der Waals surface area (Å²) in [4.78, 5) is 0. The molecular weight excluding hydrogens is 308 g/mol. The second kappa shape index (κ2) is 11.9. The van der Waals surface area contributed by atoms with Gasteiger partial charge in [0.05, 0.1) is 6.61 Å². The zero-order valence-corrected chi connectivity index (χ0v) is 18.5. The molecule has 140 valence electrons. The largest absolute Gasteiger partial charge is 0.413 e. The van der Waals surface area contributed by atoms with E-state index in [1.54, 1.807) is 0 Å². The molecule has 0 spiro atoms. The fourth-order valence-electron chi connectivity index (χ4n) is 2.11. The van der Waals surface area contributed by atoms with Crippen LogP contribution in [0.15, 0.2) is 36.0 Å². The van der Waals surface area contributed by atoms with Crippen molar-refractivity contribution in [2.24, 2.45) is 0 Å². The molecule has 0 N–H and O–H groups in total. The van der Waals surface area contributed by atoms with Gasteiger partial charge in [-0.05, 0) is 55.5 Å². The second-order valence-corrected chi connectivity index (χ2v) is 13.2. The van der Waals surface area contributed by atoms with E-state index in [9.17, 15) is 0 Å². The Morgan fingerprint density at radius 1 is 1.04 bits per heavy atom. The summed E-state index contributed by atoms with van der Waals surface area (Å²) >= 11 is 0. The molecule has 0 unspecified atom stereocenters. The molecule has 0 radical (unpaired) electrons. The molecule has 24 heavy (non-hydrogen) atoms. The van der Waals surface area contributed by atoms with Gasteiger partial charge >= 0.3 is 0 Å². The van der Waals surface area contributed by atoms with Crippen LogP contribution in [0.3, 0.4) is 0 Å². The van der Waals surface area contributed by atoms with Crippen molar-refractivity contribution in [3.8, 4) is 0 Å². The minimum absolute atomic E-state index is 0.269. The van der Waals surface area contributed by atoms with E-state index >= 15 is 0 Å². The Morgan fingerprint density at radius 3 is 2.25 bits per heavy atom. The maximum atomic E-state index is 6.21. The number of hydrogen-bond donors (Lipinski definition) is 0. The van der Waals surface area contributed by atoms with Crippen LogP contribution < -0.4 is 0 Å². The highest BCUT2D eigenvalue weighted by Gasteiger charge is 2.36. The lowest BCUT2D eigenvalue weighted by Gasteiger charge is -2.35. The Hall–Kier alpha value is -0.603. The van der Waals surface area contributed by atoms with Gasteiger partial charge in [-0.2, -0.15) is 0 Å². The molecule has 0 saturated heterocycles. The highest BCUT2D eigenvalue weighted by molar-refractivity contribution is 6.74. The van der Waals surface area contributed by atoms with Crippen LogP contribution in [-0.2, 0) is 4.43 Å². The van der Waals surface area contributed by atoms with E-state index < -0.39 is 8.32 Å². The Labute approximate surface area is 153 Å². The molecule has 0 amide bonds. The summed E-state index contributed by atoms with van der Waals surface area (Å²) in [5, 5.41) is 0.269. The van der Waals surface area contributed by atoms with Crippen molar-refractivity contribution in [3.05, 3.63) is 36.0 Å². The lowest BCUT2D eigenvalue weighted by atomic mass is 10.1. The van der Waals surface area contributed by atoms with E-state index in [0.717, 1.165) is 6.42 Å². The van der Waals surface area contributed by atoms with Gasteiger partial charge in [0.25, 0.3) is 0 Å². The lowest BCUT2D eigenvalue weighted by Crippen LogP contribution is -2.40. The summed E-state index contributed by atoms with van der Waals surface area (Å²) in [6.07, 6.45) is 15.7. The van der Waals surface area contributed by atoms with Crippen LogP contribution in [0.4, 0.5) is 0 Å². The SMILES string of the molecule is C=C(C/C=C/CCCCCCC)/C(C)=C/CO[Si](C)(C)C(C)(C)C. The Balaban J connectivity index is 4.06. The first-order chi connectivity index (χ1) is 11.1. The molecule has 0 aromatic rings. The highest BCUT2D eigenvalue weighted by Crippen LogP contribution is 2.36. The van der Waals surface area contributed by atoms with Crippen molar-refractivity contribution in [2.75, 3.05) is 6.61 Å². The molecule has 0 aliphatic heterocycles. The van der Waals surface area contributed by atoms with Gasteiger partial charge in [0, 0.05) is 0 Å². The number of rotatable bonds is 12. The molecular formula is C22H42OSi. The van der Waals surface area contributed by atoms with Gasteiger partial charge < -0.3 is 4.43 Å². The number of unbranched alkanes of at least 4 members (excludes halogenated alkanes) is 5. The predicted molar refractivity (Wildman–Crippen MR) is 113 cm³/mol. The first kappa shape index (κ1) is 23.4. The van der Waals surface area contributed by atoms with Crippen LogP contribution >= 0.6 is 0 Å². The maximum Gasteiger partial charge on any atom is 0.192 e. The maximum absolute atomic E-state index is 6.21. The quantitative estimate of drug-likeness (QED) is 0.151. The summed E-state index contributed by atoms with van der Waals surface area (Å²) < 4.78 is 6.21. The van der Waals surface area contributed by atoms with Gasteiger partial charge in [0.2, 0.25) is 0 Å². The highest BCUT2D eigenvalue weighted by atomic mass is 28.4. The van der Waals surface area contributed by atoms with E-state index in [2.05, 4.69) is 72.5 Å². The predicted octanol–water partition coefficient (Wildman–Crippen LogP) is 7.82. The zero-order valence-electron chi connectivity index (χ0n) is 17.5. The Kier molecular flexibility index (Phi) is 11.6. The summed E-state index contributed by atoms with van der Waals surface area (Å²) in [5.41, 5.74) is 2.47. The van der Waals surface area contributed by atoms with Gasteiger partial charge in [0.1, 0.15) is 0 Å². The lowest BCUT2D eigenvalue weighted by molar-refractivity contribution is 0.327. The zero-order chi connectivity index (χ0) is 18.6. The average molecular weight is 351 g/mol. The van der Waals surface area contributed by atoms with Gasteiger partial charge in [-0.25, -0.2) is 0 Å². The summed E-state index contributed by atoms with van der Waals surface area (Å²) in [5.74, 6) is 0. The molecule has 0 saturated carbocycles. The Bertz CT molecular complexity index is 410. The van der Waals surface area contributed by atoms with Gasteiger partial charge in [-0.1, -0.05) is 78.2 Å². The van der Waals surface area contributed by atoms with Crippen molar-refractivity contribution in [1.29, 1.82) is 0 Å². The first-order valence-corrected chi connectivity index (χ1v) is 12.7. The number of hydrogen-bond acceptors (Lipinski definition) is 1. The van der Waals surface area contributed by atoms with Crippen LogP contribution in [0.1, 0.15) is 79.6 Å². The second-order valence-electron chi connectivity index (χ2n) is 8.44. The summed E-state index contributed by atoms with van der Waals surface area (Å²) in [7, 11) is -1.64. The third-order valence-electron chi connectivity index (χ3n) is 5.20. The average Bonchev–Trinajstić information content (AvgIpc) is 2.48. The fraction of sp³-hybridized carbons (Fsp3) is 0.727. The third kappa shape index (κ3) is 10.3. The van der Waals surface area contributed by atoms with Crippen LogP contribution in [0.2, 0.25) is 18.1 Å². The number of allylic oxidation sites excluding steroid dienone is 4. The topological polar surface area (TPSA) is 9.23 Å². The molecule has 0 aliphatic carbocycles. The van der Waals surface area contributed by atoms with Crippen LogP contribution in [-0.4, -0.2) is 14.9 Å². The summed E-state index contributed by atoms with van der Waals surface area (Å²) in [6.45, 7) is 20.8. The van der Waals surface area contributed by atoms with Crippen molar-refractivity contribution in [2.45, 2.75) is 97.7 Å². The van der Waals surface area contributed by atoms with Crippen LogP contribution in [0, 0.1) is 0 Å². The molecule has 0 atom stereocenters. The first-order valence-electron chi connectivity index (χ1n) is 9.75. The molecule has 0 aromatic heterocycles. The molecule has 0 heterocycles. The molecule has 0 aromatic carbocycles. The molecule has 0 aliphatic rings. The van der Waals surface area contributed by atoms with Gasteiger partial charge in [0.15, 0.2) is 8.32 Å². The molecule has 0 rings (SSSR count). The van der Waals surface area contributed by atoms with Crippen LogP contribution in [0.5, 0.6) is 0 Å². The van der Waals surface area contributed by atoms with Gasteiger partial charge in [-0.3, -0.25) is 0 Å². The van der Waals surface area contributed by atoms with Crippen LogP contribution in [0.25, 0.3) is 0 Å². The smallest absolute Gasteiger partial charge is 0.192 e. The van der Waals surface area contributed by atoms with E-state index in [-0.39, 0.29) is 5.04 Å². The minimum atomic E-state index is -1.64. The Morgan fingerprint density at radius 2 is 1.67 bits per heavy atom. The van der Waals surface area contributed by atoms with Gasteiger partial charge in [-0.15, -0.1) is 0 Å². The van der Waals surface area contributed by atoms with E-state index in [0.29, 0.717) is 6.61 Å². The van der Waals surface area contributed by atoms with Crippen molar-refractivity contribution in [3.63, 3.8) is 0 Å². The van der Waals surface area contributed by atoms with E-state index in [1.165, 1.54) is 49.7 Å². The van der Waals surface area contributed by atoms with E-state index in [4.69, 9.17) is 4.43 Å². The van der Waals surface area contributed by atoms with E-state index in [1.807, 2.05) is 0 Å². The third-order valence-corrected chi connectivity index (χ3v) is 9.70. The normalized spacial score (nSPS) is 13.7. The van der Waals surface area contributed by atoms with Crippen molar-refractivity contribution < 1.29 is 4.43 Å².